The zero-order chi connectivity index (χ0) is 20.3. The van der Waals surface area contributed by atoms with E-state index in [9.17, 15) is 23.3 Å². The van der Waals surface area contributed by atoms with Gasteiger partial charge in [-0.25, -0.2) is 13.4 Å². The highest BCUT2D eigenvalue weighted by Crippen LogP contribution is 2.25. The number of nitrogens with zero attached hydrogens (tertiary/aromatic N) is 5. The fourth-order valence-electron chi connectivity index (χ4n) is 3.07. The minimum Gasteiger partial charge on any atom is -0.336 e. The molecule has 11 heteroatoms. The molecule has 0 radical (unpaired) electrons. The number of rotatable bonds is 6. The molecule has 1 fully saturated rings. The van der Waals surface area contributed by atoms with Gasteiger partial charge in [-0.1, -0.05) is 0 Å². The van der Waals surface area contributed by atoms with Crippen molar-refractivity contribution < 1.29 is 18.1 Å². The molecular weight excluding hydrogens is 386 g/mol. The first-order valence-corrected chi connectivity index (χ1v) is 10.8. The van der Waals surface area contributed by atoms with E-state index in [4.69, 9.17) is 0 Å². The highest BCUT2D eigenvalue weighted by atomic mass is 32.2. The van der Waals surface area contributed by atoms with Crippen molar-refractivity contribution in [2.45, 2.75) is 0 Å². The largest absolute Gasteiger partial charge is 0.336 e. The Morgan fingerprint density at radius 2 is 1.96 bits per heavy atom. The highest BCUT2D eigenvalue weighted by molar-refractivity contribution is 7.90. The van der Waals surface area contributed by atoms with Crippen LogP contribution in [0.1, 0.15) is 10.4 Å². The molecule has 0 bridgehead atoms. The maximum Gasteiger partial charge on any atom is 0.294 e. The Balaban J connectivity index is 1.70. The maximum atomic E-state index is 12.8. The number of hydrogen-bond acceptors (Lipinski definition) is 7. The third kappa shape index (κ3) is 4.73. The van der Waals surface area contributed by atoms with Crippen molar-refractivity contribution in [1.82, 2.24) is 19.4 Å². The molecule has 1 aliphatic rings. The number of nitro benzene ring substituents is 1. The van der Waals surface area contributed by atoms with Gasteiger partial charge in [-0.05, 0) is 12.1 Å². The Labute approximate surface area is 162 Å². The molecule has 1 amide bonds. The van der Waals surface area contributed by atoms with Crippen LogP contribution in [-0.2, 0) is 9.84 Å². The van der Waals surface area contributed by atoms with Crippen LogP contribution >= 0.6 is 0 Å². The van der Waals surface area contributed by atoms with Crippen LogP contribution in [0, 0.1) is 10.1 Å². The van der Waals surface area contributed by atoms with Crippen LogP contribution in [0.4, 0.5) is 5.69 Å². The van der Waals surface area contributed by atoms with Gasteiger partial charge in [0.2, 0.25) is 0 Å². The summed E-state index contributed by atoms with van der Waals surface area (Å²) in [5.74, 6) is -0.189. The van der Waals surface area contributed by atoms with Crippen LogP contribution in [0.25, 0.3) is 5.69 Å². The van der Waals surface area contributed by atoms with Gasteiger partial charge in [-0.2, -0.15) is 0 Å². The predicted octanol–water partition coefficient (Wildman–Crippen LogP) is 0.583. The van der Waals surface area contributed by atoms with E-state index in [1.807, 2.05) is 4.90 Å². The number of piperazine rings is 1. The minimum atomic E-state index is -3.02. The highest BCUT2D eigenvalue weighted by Gasteiger charge is 2.25. The topological polar surface area (TPSA) is 119 Å². The summed E-state index contributed by atoms with van der Waals surface area (Å²) >= 11 is 0. The smallest absolute Gasteiger partial charge is 0.294 e. The Morgan fingerprint density at radius 1 is 1.25 bits per heavy atom. The normalized spacial score (nSPS) is 15.5. The zero-order valence-corrected chi connectivity index (χ0v) is 16.2. The molecule has 0 atom stereocenters. The van der Waals surface area contributed by atoms with Crippen LogP contribution in [0.2, 0.25) is 0 Å². The van der Waals surface area contributed by atoms with Gasteiger partial charge in [-0.15, -0.1) is 0 Å². The molecule has 1 aliphatic heterocycles. The molecule has 0 N–H and O–H groups in total. The molecule has 0 saturated carbocycles. The number of amides is 1. The summed E-state index contributed by atoms with van der Waals surface area (Å²) in [5, 5.41) is 11.5. The van der Waals surface area contributed by atoms with Crippen molar-refractivity contribution in [3.8, 4) is 5.69 Å². The molecule has 1 saturated heterocycles. The lowest BCUT2D eigenvalue weighted by molar-refractivity contribution is -0.384. The molecule has 10 nitrogen and oxygen atoms in total. The van der Waals surface area contributed by atoms with Gasteiger partial charge in [0.1, 0.15) is 15.5 Å². The van der Waals surface area contributed by atoms with Gasteiger partial charge >= 0.3 is 0 Å². The van der Waals surface area contributed by atoms with Crippen molar-refractivity contribution in [3.05, 3.63) is 52.6 Å². The van der Waals surface area contributed by atoms with E-state index in [0.29, 0.717) is 38.4 Å². The lowest BCUT2D eigenvalue weighted by Crippen LogP contribution is -2.49. The standard InChI is InChI=1S/C17H21N5O5S/c1-28(26,27)11-10-19-6-8-20(9-7-19)17(23)14-2-3-15(16(12-14)22(24)25)21-5-4-18-13-21/h2-5,12-13H,6-11H2,1H3. The van der Waals surface area contributed by atoms with Gasteiger partial charge < -0.3 is 9.47 Å². The molecule has 150 valence electrons. The molecule has 0 unspecified atom stereocenters. The molecular formula is C17H21N5O5S. The molecule has 1 aromatic carbocycles. The number of nitro groups is 1. The van der Waals surface area contributed by atoms with Crippen molar-refractivity contribution in [3.63, 3.8) is 0 Å². The number of imidazole rings is 1. The second-order valence-electron chi connectivity index (χ2n) is 6.69. The van der Waals surface area contributed by atoms with Crippen molar-refractivity contribution in [2.75, 3.05) is 44.7 Å². The van der Waals surface area contributed by atoms with E-state index in [1.54, 1.807) is 17.2 Å². The molecule has 1 aromatic heterocycles. The van der Waals surface area contributed by atoms with Gasteiger partial charge in [0.15, 0.2) is 0 Å². The van der Waals surface area contributed by atoms with E-state index in [0.717, 1.165) is 0 Å². The van der Waals surface area contributed by atoms with Crippen molar-refractivity contribution >= 4 is 21.4 Å². The van der Waals surface area contributed by atoms with Gasteiger partial charge in [0, 0.05) is 63.0 Å². The van der Waals surface area contributed by atoms with Gasteiger partial charge in [0.25, 0.3) is 11.6 Å². The summed E-state index contributed by atoms with van der Waals surface area (Å²) < 4.78 is 24.1. The Kier molecular flexibility index (Phi) is 5.75. The second-order valence-corrected chi connectivity index (χ2v) is 8.95. The number of aromatic nitrogens is 2. The fourth-order valence-corrected chi connectivity index (χ4v) is 3.66. The van der Waals surface area contributed by atoms with Crippen molar-refractivity contribution in [2.24, 2.45) is 0 Å². The summed E-state index contributed by atoms with van der Waals surface area (Å²) in [7, 11) is -3.02. The van der Waals surface area contributed by atoms with Gasteiger partial charge in [0.05, 0.1) is 17.0 Å². The molecule has 2 aromatic rings. The minimum absolute atomic E-state index is 0.0862. The van der Waals surface area contributed by atoms with Crippen LogP contribution < -0.4 is 0 Å². The molecule has 28 heavy (non-hydrogen) atoms. The van der Waals surface area contributed by atoms with E-state index in [2.05, 4.69) is 4.98 Å². The lowest BCUT2D eigenvalue weighted by atomic mass is 10.1. The first kappa shape index (κ1) is 20.0. The monoisotopic (exact) mass is 407 g/mol. The van der Waals surface area contributed by atoms with Crippen LogP contribution in [0.15, 0.2) is 36.9 Å². The summed E-state index contributed by atoms with van der Waals surface area (Å²) in [6.07, 6.45) is 5.78. The second kappa shape index (κ2) is 8.07. The Bertz CT molecular complexity index is 966. The third-order valence-electron chi connectivity index (χ3n) is 4.64. The van der Waals surface area contributed by atoms with Gasteiger partial charge in [-0.3, -0.25) is 19.8 Å². The molecule has 2 heterocycles. The third-order valence-corrected chi connectivity index (χ3v) is 5.56. The lowest BCUT2D eigenvalue weighted by Gasteiger charge is -2.34. The summed E-state index contributed by atoms with van der Waals surface area (Å²) in [6.45, 7) is 2.46. The predicted molar refractivity (Wildman–Crippen MR) is 102 cm³/mol. The number of sulfone groups is 1. The summed E-state index contributed by atoms with van der Waals surface area (Å²) in [5.41, 5.74) is 0.417. The number of carbonyl (C=O) groups is 1. The molecule has 0 aliphatic carbocycles. The number of carbonyl (C=O) groups excluding carboxylic acids is 1. The Hall–Kier alpha value is -2.79. The summed E-state index contributed by atoms with van der Waals surface area (Å²) in [4.78, 5) is 31.2. The van der Waals surface area contributed by atoms with E-state index < -0.39 is 14.8 Å². The first-order chi connectivity index (χ1) is 13.2. The quantitative estimate of drug-likeness (QED) is 0.508. The maximum absolute atomic E-state index is 12.8. The number of benzene rings is 1. The average molecular weight is 407 g/mol. The van der Waals surface area contributed by atoms with E-state index >= 15 is 0 Å². The summed E-state index contributed by atoms with van der Waals surface area (Å²) in [6, 6.07) is 4.39. The van der Waals surface area contributed by atoms with E-state index in [1.165, 1.54) is 35.5 Å². The van der Waals surface area contributed by atoms with Crippen LogP contribution in [0.5, 0.6) is 0 Å². The SMILES string of the molecule is CS(=O)(=O)CCN1CCN(C(=O)c2ccc(-n3ccnc3)c([N+](=O)[O-])c2)CC1. The number of hydrogen-bond donors (Lipinski definition) is 0. The Morgan fingerprint density at radius 3 is 2.54 bits per heavy atom. The molecule has 0 spiro atoms. The molecule has 3 rings (SSSR count). The van der Waals surface area contributed by atoms with Crippen molar-refractivity contribution in [1.29, 1.82) is 0 Å². The van der Waals surface area contributed by atoms with Crippen LogP contribution in [-0.4, -0.2) is 83.3 Å². The fraction of sp³-hybridized carbons (Fsp3) is 0.412. The average Bonchev–Trinajstić information content (AvgIpc) is 3.19. The van der Waals surface area contributed by atoms with E-state index in [-0.39, 0.29) is 22.9 Å². The van der Waals surface area contributed by atoms with Crippen LogP contribution in [0.3, 0.4) is 0 Å². The first-order valence-electron chi connectivity index (χ1n) is 8.71. The zero-order valence-electron chi connectivity index (χ0n) is 15.4.